The Labute approximate surface area is 177 Å². The number of benzene rings is 2. The third-order valence-corrected chi connectivity index (χ3v) is 6.09. The average Bonchev–Trinajstić information content (AvgIpc) is 3.63. The lowest BCUT2D eigenvalue weighted by atomic mass is 10.0. The summed E-state index contributed by atoms with van der Waals surface area (Å²) in [5.74, 6) is -0.323. The summed E-state index contributed by atoms with van der Waals surface area (Å²) in [6, 6.07) is 15.3. The summed E-state index contributed by atoms with van der Waals surface area (Å²) in [6.45, 7) is 4.40. The van der Waals surface area contributed by atoms with Gasteiger partial charge in [0.15, 0.2) is 0 Å². The van der Waals surface area contributed by atoms with E-state index in [0.717, 1.165) is 24.0 Å². The van der Waals surface area contributed by atoms with Gasteiger partial charge in [-0.15, -0.1) is 0 Å². The molecular formula is C25H29NO4. The molecule has 1 amide bonds. The molecule has 0 spiro atoms. The van der Waals surface area contributed by atoms with Gasteiger partial charge < -0.3 is 15.2 Å². The maximum atomic E-state index is 13.1. The van der Waals surface area contributed by atoms with E-state index in [1.807, 2.05) is 19.9 Å². The lowest BCUT2D eigenvalue weighted by Crippen LogP contribution is -2.44. The maximum Gasteiger partial charge on any atom is 0.335 e. The topological polar surface area (TPSA) is 75.6 Å². The van der Waals surface area contributed by atoms with Gasteiger partial charge in [-0.2, -0.15) is 0 Å². The Balaban J connectivity index is 1.40. The zero-order chi connectivity index (χ0) is 21.3. The molecule has 2 aromatic carbocycles. The quantitative estimate of drug-likeness (QED) is 0.637. The first-order valence-electron chi connectivity index (χ1n) is 10.7. The molecule has 2 aliphatic carbocycles. The standard InChI is InChI=1S/C25H29NO4/c1-16(2)22(30-15-17-4-3-5-20(14-17)18-6-7-18)23(27)26-25(12-13-25)21-10-8-19(9-11-21)24(28)29/h3-5,8-11,14,16,18,22H,6-7,12-13,15H2,1-2H3,(H,26,27)(H,28,29). The van der Waals surface area contributed by atoms with Crippen molar-refractivity contribution in [3.8, 4) is 0 Å². The van der Waals surface area contributed by atoms with Crippen LogP contribution in [-0.4, -0.2) is 23.1 Å². The number of carboxylic acid groups (broad SMARTS) is 1. The van der Waals surface area contributed by atoms with Gasteiger partial charge in [0.25, 0.3) is 0 Å². The van der Waals surface area contributed by atoms with Crippen LogP contribution in [-0.2, 0) is 21.7 Å². The molecule has 0 saturated heterocycles. The number of hydrogen-bond donors (Lipinski definition) is 2. The molecular weight excluding hydrogens is 378 g/mol. The summed E-state index contributed by atoms with van der Waals surface area (Å²) < 4.78 is 6.08. The van der Waals surface area contributed by atoms with E-state index in [-0.39, 0.29) is 17.4 Å². The highest BCUT2D eigenvalue weighted by molar-refractivity contribution is 5.87. The highest BCUT2D eigenvalue weighted by Gasteiger charge is 2.46. The molecule has 0 heterocycles. The van der Waals surface area contributed by atoms with Crippen LogP contribution in [0.25, 0.3) is 0 Å². The summed E-state index contributed by atoms with van der Waals surface area (Å²) in [5, 5.41) is 12.3. The molecule has 0 aromatic heterocycles. The van der Waals surface area contributed by atoms with Crippen molar-refractivity contribution in [2.45, 2.75) is 63.7 Å². The molecule has 5 heteroatoms. The molecule has 2 N–H and O–H groups in total. The van der Waals surface area contributed by atoms with Crippen LogP contribution < -0.4 is 5.32 Å². The number of ether oxygens (including phenoxy) is 1. The Bertz CT molecular complexity index is 926. The van der Waals surface area contributed by atoms with Gasteiger partial charge in [0.2, 0.25) is 5.91 Å². The Hall–Kier alpha value is -2.66. The van der Waals surface area contributed by atoms with Gasteiger partial charge in [-0.25, -0.2) is 4.79 Å². The van der Waals surface area contributed by atoms with Crippen LogP contribution in [0.1, 0.15) is 72.5 Å². The zero-order valence-electron chi connectivity index (χ0n) is 17.6. The van der Waals surface area contributed by atoms with Crippen molar-refractivity contribution < 1.29 is 19.4 Å². The normalized spacial score (nSPS) is 18.1. The lowest BCUT2D eigenvalue weighted by molar-refractivity contribution is -0.137. The summed E-state index contributed by atoms with van der Waals surface area (Å²) >= 11 is 0. The summed E-state index contributed by atoms with van der Waals surface area (Å²) in [6.07, 6.45) is 3.68. The van der Waals surface area contributed by atoms with E-state index < -0.39 is 17.6 Å². The number of carboxylic acids is 1. The fourth-order valence-electron chi connectivity index (χ4n) is 3.96. The minimum atomic E-state index is -0.950. The third-order valence-electron chi connectivity index (χ3n) is 6.09. The highest BCUT2D eigenvalue weighted by atomic mass is 16.5. The van der Waals surface area contributed by atoms with E-state index in [0.29, 0.717) is 12.5 Å². The van der Waals surface area contributed by atoms with Gasteiger partial charge in [-0.05, 0) is 66.3 Å². The third kappa shape index (κ3) is 4.57. The lowest BCUT2D eigenvalue weighted by Gasteiger charge is -2.25. The average molecular weight is 408 g/mol. The van der Waals surface area contributed by atoms with Crippen LogP contribution in [0.2, 0.25) is 0 Å². The molecule has 2 aromatic rings. The first kappa shape index (κ1) is 20.6. The Morgan fingerprint density at radius 2 is 1.83 bits per heavy atom. The van der Waals surface area contributed by atoms with Gasteiger partial charge in [-0.3, -0.25) is 4.79 Å². The smallest absolute Gasteiger partial charge is 0.335 e. The van der Waals surface area contributed by atoms with Crippen molar-refractivity contribution in [3.05, 3.63) is 70.8 Å². The molecule has 158 valence electrons. The number of hydrogen-bond acceptors (Lipinski definition) is 3. The van der Waals surface area contributed by atoms with Crippen LogP contribution >= 0.6 is 0 Å². The molecule has 30 heavy (non-hydrogen) atoms. The SMILES string of the molecule is CC(C)C(OCc1cccc(C2CC2)c1)C(=O)NC1(c2ccc(C(=O)O)cc2)CC1. The number of nitrogens with one attached hydrogen (secondary N) is 1. The molecule has 0 bridgehead atoms. The monoisotopic (exact) mass is 407 g/mol. The van der Waals surface area contributed by atoms with Gasteiger partial charge in [0, 0.05) is 0 Å². The van der Waals surface area contributed by atoms with E-state index in [1.165, 1.54) is 18.4 Å². The number of rotatable bonds is 9. The van der Waals surface area contributed by atoms with Gasteiger partial charge in [-0.1, -0.05) is 50.2 Å². The zero-order valence-corrected chi connectivity index (χ0v) is 17.6. The molecule has 1 unspecified atom stereocenters. The Kier molecular flexibility index (Phi) is 5.65. The van der Waals surface area contributed by atoms with Gasteiger partial charge in [0.1, 0.15) is 6.10 Å². The molecule has 4 rings (SSSR count). The van der Waals surface area contributed by atoms with E-state index in [9.17, 15) is 9.59 Å². The van der Waals surface area contributed by atoms with Crippen LogP contribution in [0.3, 0.4) is 0 Å². The summed E-state index contributed by atoms with van der Waals surface area (Å²) in [4.78, 5) is 24.1. The number of amides is 1. The second-order valence-electron chi connectivity index (χ2n) is 8.95. The van der Waals surface area contributed by atoms with Crippen molar-refractivity contribution in [1.82, 2.24) is 5.32 Å². The van der Waals surface area contributed by atoms with Crippen LogP contribution in [0.15, 0.2) is 48.5 Å². The predicted molar refractivity (Wildman–Crippen MR) is 114 cm³/mol. The van der Waals surface area contributed by atoms with E-state index in [2.05, 4.69) is 23.5 Å². The number of carbonyl (C=O) groups is 2. The molecule has 0 aliphatic heterocycles. The molecule has 5 nitrogen and oxygen atoms in total. The number of carbonyl (C=O) groups excluding carboxylic acids is 1. The fourth-order valence-corrected chi connectivity index (χ4v) is 3.96. The molecule has 2 saturated carbocycles. The molecule has 2 aliphatic rings. The number of aromatic carboxylic acids is 1. The van der Waals surface area contributed by atoms with E-state index in [4.69, 9.17) is 9.84 Å². The molecule has 1 atom stereocenters. The van der Waals surface area contributed by atoms with Crippen LogP contribution in [0.4, 0.5) is 0 Å². The van der Waals surface area contributed by atoms with Crippen molar-refractivity contribution in [2.75, 3.05) is 0 Å². The van der Waals surface area contributed by atoms with E-state index >= 15 is 0 Å². The van der Waals surface area contributed by atoms with Gasteiger partial charge in [0.05, 0.1) is 17.7 Å². The Morgan fingerprint density at radius 3 is 2.40 bits per heavy atom. The second kappa shape index (κ2) is 8.23. The summed E-state index contributed by atoms with van der Waals surface area (Å²) in [5.41, 5.74) is 3.25. The minimum absolute atomic E-state index is 0.0433. The molecule has 2 fully saturated rings. The molecule has 0 radical (unpaired) electrons. The van der Waals surface area contributed by atoms with Crippen LogP contribution in [0, 0.1) is 5.92 Å². The summed E-state index contributed by atoms with van der Waals surface area (Å²) in [7, 11) is 0. The van der Waals surface area contributed by atoms with Crippen molar-refractivity contribution >= 4 is 11.9 Å². The minimum Gasteiger partial charge on any atom is -0.478 e. The van der Waals surface area contributed by atoms with Crippen molar-refractivity contribution in [2.24, 2.45) is 5.92 Å². The first-order chi connectivity index (χ1) is 14.4. The van der Waals surface area contributed by atoms with Crippen molar-refractivity contribution in [3.63, 3.8) is 0 Å². The fraction of sp³-hybridized carbons (Fsp3) is 0.440. The highest BCUT2D eigenvalue weighted by Crippen LogP contribution is 2.45. The Morgan fingerprint density at radius 1 is 1.13 bits per heavy atom. The maximum absolute atomic E-state index is 13.1. The largest absolute Gasteiger partial charge is 0.478 e. The van der Waals surface area contributed by atoms with Crippen molar-refractivity contribution in [1.29, 1.82) is 0 Å². The van der Waals surface area contributed by atoms with E-state index in [1.54, 1.807) is 24.3 Å². The first-order valence-corrected chi connectivity index (χ1v) is 10.7. The van der Waals surface area contributed by atoms with Gasteiger partial charge >= 0.3 is 5.97 Å². The van der Waals surface area contributed by atoms with Crippen LogP contribution in [0.5, 0.6) is 0 Å². The predicted octanol–water partition coefficient (Wildman–Crippen LogP) is 4.61. The second-order valence-corrected chi connectivity index (χ2v) is 8.95.